The molecule has 0 unspecified atom stereocenters. The van der Waals surface area contributed by atoms with Crippen LogP contribution >= 0.6 is 11.3 Å². The van der Waals surface area contributed by atoms with E-state index < -0.39 is 0 Å². The summed E-state index contributed by atoms with van der Waals surface area (Å²) in [4.78, 5) is 18.2. The van der Waals surface area contributed by atoms with Crippen LogP contribution in [0.25, 0.3) is 22.1 Å². The first-order chi connectivity index (χ1) is 15.1. The first-order valence-corrected chi connectivity index (χ1v) is 11.7. The van der Waals surface area contributed by atoms with Crippen molar-refractivity contribution in [2.75, 3.05) is 7.11 Å². The molecule has 2 heterocycles. The van der Waals surface area contributed by atoms with Gasteiger partial charge in [0, 0.05) is 0 Å². The fourth-order valence-corrected chi connectivity index (χ4v) is 4.76. The predicted octanol–water partition coefficient (Wildman–Crippen LogP) is 5.20. The number of unbranched alkanes of at least 4 members (excludes halogenated alkanes) is 3. The van der Waals surface area contributed by atoms with Crippen molar-refractivity contribution in [2.45, 2.75) is 52.1 Å². The van der Waals surface area contributed by atoms with Gasteiger partial charge in [0.05, 0.1) is 28.8 Å². The minimum atomic E-state index is -0.0475. The lowest BCUT2D eigenvalue weighted by Crippen LogP contribution is -2.22. The molecule has 0 aliphatic rings. The lowest BCUT2D eigenvalue weighted by Gasteiger charge is -2.17. The van der Waals surface area contributed by atoms with Crippen LogP contribution < -0.4 is 19.6 Å². The fourth-order valence-electron chi connectivity index (χ4n) is 3.77. The molecular formula is C25H28N2O3S. The molecule has 0 radical (unpaired) electrons. The number of imidazole rings is 1. The van der Waals surface area contributed by atoms with Crippen LogP contribution in [-0.2, 0) is 0 Å². The first kappa shape index (κ1) is 21.4. The van der Waals surface area contributed by atoms with Crippen molar-refractivity contribution >= 4 is 33.4 Å². The van der Waals surface area contributed by atoms with E-state index in [2.05, 4.69) is 18.8 Å². The molecule has 0 aliphatic heterocycles. The molecule has 0 N–H and O–H groups in total. The SMILES string of the molecule is CCCCCC[C@@H](C)Oc1ccc(/C=c2\sc3nc4ccccc4n3c2=O)cc1OC. The van der Waals surface area contributed by atoms with Crippen molar-refractivity contribution < 1.29 is 9.47 Å². The third kappa shape index (κ3) is 4.59. The second kappa shape index (κ2) is 9.52. The Morgan fingerprint density at radius 1 is 1.13 bits per heavy atom. The molecule has 1 atom stereocenters. The minimum absolute atomic E-state index is 0.0475. The number of benzene rings is 2. The zero-order valence-corrected chi connectivity index (χ0v) is 19.1. The van der Waals surface area contributed by atoms with Crippen LogP contribution in [0.3, 0.4) is 0 Å². The molecule has 2 aromatic carbocycles. The molecule has 5 nitrogen and oxygen atoms in total. The summed E-state index contributed by atoms with van der Waals surface area (Å²) in [6, 6.07) is 13.5. The van der Waals surface area contributed by atoms with E-state index in [4.69, 9.17) is 9.47 Å². The molecule has 4 rings (SSSR count). The topological polar surface area (TPSA) is 52.8 Å². The Bertz CT molecular complexity index is 1290. The number of hydrogen-bond acceptors (Lipinski definition) is 5. The molecule has 2 aromatic heterocycles. The summed E-state index contributed by atoms with van der Waals surface area (Å²) in [6.45, 7) is 4.32. The molecule has 0 saturated carbocycles. The van der Waals surface area contributed by atoms with Gasteiger partial charge in [0.25, 0.3) is 5.56 Å². The summed E-state index contributed by atoms with van der Waals surface area (Å²) in [7, 11) is 1.64. The van der Waals surface area contributed by atoms with E-state index in [-0.39, 0.29) is 11.7 Å². The van der Waals surface area contributed by atoms with E-state index in [1.807, 2.05) is 48.5 Å². The zero-order valence-electron chi connectivity index (χ0n) is 18.3. The van der Waals surface area contributed by atoms with Gasteiger partial charge in [-0.05, 0) is 55.7 Å². The average molecular weight is 437 g/mol. The van der Waals surface area contributed by atoms with E-state index in [1.165, 1.54) is 37.0 Å². The molecule has 0 saturated heterocycles. The molecule has 4 aromatic rings. The van der Waals surface area contributed by atoms with E-state index >= 15 is 0 Å². The standard InChI is InChI=1S/C25H28N2O3S/c1-4-5-6-7-10-17(2)30-21-14-13-18(15-22(21)29-3)16-23-24(28)27-20-12-9-8-11-19(20)26-25(27)31-23/h8-9,11-17H,4-7,10H2,1-3H3/b23-16-/t17-/m1/s1. The van der Waals surface area contributed by atoms with Crippen LogP contribution in [0.1, 0.15) is 51.5 Å². The van der Waals surface area contributed by atoms with Crippen LogP contribution in [0.15, 0.2) is 47.3 Å². The second-order valence-electron chi connectivity index (χ2n) is 7.82. The van der Waals surface area contributed by atoms with E-state index in [0.717, 1.165) is 28.8 Å². The van der Waals surface area contributed by atoms with Gasteiger partial charge >= 0.3 is 0 Å². The largest absolute Gasteiger partial charge is 0.493 e. The number of para-hydroxylation sites is 2. The molecule has 31 heavy (non-hydrogen) atoms. The number of fused-ring (bicyclic) bond motifs is 3. The number of hydrogen-bond donors (Lipinski definition) is 0. The maximum absolute atomic E-state index is 13.0. The van der Waals surface area contributed by atoms with Crippen molar-refractivity contribution in [1.29, 1.82) is 0 Å². The van der Waals surface area contributed by atoms with Crippen molar-refractivity contribution in [3.8, 4) is 11.5 Å². The van der Waals surface area contributed by atoms with E-state index in [0.29, 0.717) is 15.2 Å². The first-order valence-electron chi connectivity index (χ1n) is 10.9. The quantitative estimate of drug-likeness (QED) is 0.338. The Morgan fingerprint density at radius 2 is 1.97 bits per heavy atom. The summed E-state index contributed by atoms with van der Waals surface area (Å²) < 4.78 is 14.0. The molecule has 0 aliphatic carbocycles. The van der Waals surface area contributed by atoms with Crippen LogP contribution in [0.4, 0.5) is 0 Å². The molecule has 0 spiro atoms. The van der Waals surface area contributed by atoms with Gasteiger partial charge in [-0.3, -0.25) is 4.79 Å². The van der Waals surface area contributed by atoms with Crippen LogP contribution in [0, 0.1) is 0 Å². The van der Waals surface area contributed by atoms with Gasteiger partial charge in [0.2, 0.25) is 0 Å². The Labute approximate surface area is 185 Å². The van der Waals surface area contributed by atoms with E-state index in [1.54, 1.807) is 11.5 Å². The summed E-state index contributed by atoms with van der Waals surface area (Å²) in [5.74, 6) is 1.41. The van der Waals surface area contributed by atoms with Crippen LogP contribution in [-0.4, -0.2) is 22.6 Å². The highest BCUT2D eigenvalue weighted by Gasteiger charge is 2.12. The number of rotatable bonds is 9. The van der Waals surface area contributed by atoms with Crippen molar-refractivity contribution in [3.63, 3.8) is 0 Å². The van der Waals surface area contributed by atoms with Crippen molar-refractivity contribution in [1.82, 2.24) is 9.38 Å². The van der Waals surface area contributed by atoms with Crippen molar-refractivity contribution in [2.24, 2.45) is 0 Å². The Morgan fingerprint density at radius 3 is 2.77 bits per heavy atom. The number of nitrogens with zero attached hydrogens (tertiary/aromatic N) is 2. The number of aromatic nitrogens is 2. The third-order valence-corrected chi connectivity index (χ3v) is 6.39. The van der Waals surface area contributed by atoms with Crippen LogP contribution in [0.5, 0.6) is 11.5 Å². The molecule has 0 fully saturated rings. The molecule has 162 valence electrons. The minimum Gasteiger partial charge on any atom is -0.493 e. The predicted molar refractivity (Wildman–Crippen MR) is 127 cm³/mol. The maximum atomic E-state index is 13.0. The Balaban J connectivity index is 1.58. The smallest absolute Gasteiger partial charge is 0.274 e. The van der Waals surface area contributed by atoms with Gasteiger partial charge in [0.15, 0.2) is 16.5 Å². The van der Waals surface area contributed by atoms with Gasteiger partial charge in [0.1, 0.15) is 0 Å². The molecule has 0 bridgehead atoms. The van der Waals surface area contributed by atoms with Crippen LogP contribution in [0.2, 0.25) is 0 Å². The van der Waals surface area contributed by atoms with Gasteiger partial charge in [-0.2, -0.15) is 0 Å². The Hall–Kier alpha value is -2.86. The molecular weight excluding hydrogens is 408 g/mol. The maximum Gasteiger partial charge on any atom is 0.274 e. The summed E-state index contributed by atoms with van der Waals surface area (Å²) in [5.41, 5.74) is 2.52. The zero-order chi connectivity index (χ0) is 21.8. The molecule has 0 amide bonds. The Kier molecular flexibility index (Phi) is 6.56. The summed E-state index contributed by atoms with van der Waals surface area (Å²) in [6.07, 6.45) is 7.96. The summed E-state index contributed by atoms with van der Waals surface area (Å²) in [5, 5.41) is 0. The molecule has 6 heteroatoms. The number of methoxy groups -OCH3 is 1. The van der Waals surface area contributed by atoms with Gasteiger partial charge in [-0.15, -0.1) is 0 Å². The fraction of sp³-hybridized carbons (Fsp3) is 0.360. The highest BCUT2D eigenvalue weighted by molar-refractivity contribution is 7.15. The monoisotopic (exact) mass is 436 g/mol. The van der Waals surface area contributed by atoms with Gasteiger partial charge in [-0.25, -0.2) is 9.38 Å². The van der Waals surface area contributed by atoms with E-state index in [9.17, 15) is 4.79 Å². The third-order valence-electron chi connectivity index (χ3n) is 5.42. The van der Waals surface area contributed by atoms with Crippen molar-refractivity contribution in [3.05, 3.63) is 62.9 Å². The normalized spacial score (nSPS) is 13.2. The van der Waals surface area contributed by atoms with Gasteiger partial charge in [-0.1, -0.05) is 55.7 Å². The highest BCUT2D eigenvalue weighted by atomic mass is 32.1. The highest BCUT2D eigenvalue weighted by Crippen LogP contribution is 2.30. The average Bonchev–Trinajstić information content (AvgIpc) is 3.28. The van der Waals surface area contributed by atoms with Gasteiger partial charge < -0.3 is 9.47 Å². The lowest BCUT2D eigenvalue weighted by atomic mass is 10.1. The second-order valence-corrected chi connectivity index (χ2v) is 8.83. The summed E-state index contributed by atoms with van der Waals surface area (Å²) >= 11 is 1.40. The lowest BCUT2D eigenvalue weighted by molar-refractivity contribution is 0.197. The number of thiazole rings is 1. The number of ether oxygens (including phenoxy) is 2.